The van der Waals surface area contributed by atoms with Crippen molar-refractivity contribution in [1.82, 2.24) is 9.71 Å². The van der Waals surface area contributed by atoms with E-state index >= 15 is 0 Å². The quantitative estimate of drug-likeness (QED) is 0.596. The topological polar surface area (TPSA) is 105 Å². The number of nitrogens with zero attached hydrogens (tertiary/aromatic N) is 1. The van der Waals surface area contributed by atoms with Crippen LogP contribution in [0.4, 0.5) is 5.69 Å². The van der Waals surface area contributed by atoms with Crippen LogP contribution in [-0.4, -0.2) is 31.7 Å². The summed E-state index contributed by atoms with van der Waals surface area (Å²) in [5.41, 5.74) is 5.65. The highest BCUT2D eigenvalue weighted by Gasteiger charge is 2.13. The Kier molecular flexibility index (Phi) is 3.39. The van der Waals surface area contributed by atoms with Gasteiger partial charge in [0.2, 0.25) is 10.0 Å². The van der Waals surface area contributed by atoms with E-state index in [9.17, 15) is 8.42 Å². The number of hydrogen-bond donors (Lipinski definition) is 3. The van der Waals surface area contributed by atoms with Crippen molar-refractivity contribution in [2.45, 2.75) is 4.90 Å². The number of nitrogens with one attached hydrogen (secondary N) is 1. The molecule has 0 saturated heterocycles. The lowest BCUT2D eigenvalue weighted by Crippen LogP contribution is -2.26. The zero-order chi connectivity index (χ0) is 10.6. The molecular formula is C7H11N3O3S. The Labute approximate surface area is 81.8 Å². The molecule has 0 aliphatic rings. The molecule has 0 bridgehead atoms. The third kappa shape index (κ3) is 2.66. The van der Waals surface area contributed by atoms with Crippen molar-refractivity contribution in [3.05, 3.63) is 18.5 Å². The minimum absolute atomic E-state index is 0.00838. The Bertz CT molecular complexity index is 404. The third-order valence-electron chi connectivity index (χ3n) is 1.45. The zero-order valence-electron chi connectivity index (χ0n) is 7.34. The van der Waals surface area contributed by atoms with Gasteiger partial charge in [-0.3, -0.25) is 4.98 Å². The first-order chi connectivity index (χ1) is 6.56. The second kappa shape index (κ2) is 4.36. The largest absolute Gasteiger partial charge is 0.397 e. The Hall–Kier alpha value is -1.18. The van der Waals surface area contributed by atoms with Crippen molar-refractivity contribution in [1.29, 1.82) is 0 Å². The first-order valence-electron chi connectivity index (χ1n) is 3.87. The van der Waals surface area contributed by atoms with Crippen LogP contribution in [0.1, 0.15) is 0 Å². The molecule has 14 heavy (non-hydrogen) atoms. The van der Waals surface area contributed by atoms with Crippen LogP contribution in [0, 0.1) is 0 Å². The van der Waals surface area contributed by atoms with Crippen molar-refractivity contribution >= 4 is 15.7 Å². The van der Waals surface area contributed by atoms with Gasteiger partial charge >= 0.3 is 0 Å². The van der Waals surface area contributed by atoms with E-state index in [1.165, 1.54) is 18.5 Å². The number of aliphatic hydroxyl groups is 1. The van der Waals surface area contributed by atoms with Crippen molar-refractivity contribution < 1.29 is 13.5 Å². The van der Waals surface area contributed by atoms with Crippen molar-refractivity contribution in [3.8, 4) is 0 Å². The lowest BCUT2D eigenvalue weighted by molar-refractivity contribution is 0.301. The fourth-order valence-corrected chi connectivity index (χ4v) is 1.86. The van der Waals surface area contributed by atoms with Gasteiger partial charge in [-0.1, -0.05) is 0 Å². The molecule has 0 aromatic carbocycles. The van der Waals surface area contributed by atoms with Gasteiger partial charge in [0.05, 0.1) is 12.3 Å². The monoisotopic (exact) mass is 217 g/mol. The summed E-state index contributed by atoms with van der Waals surface area (Å²) in [6.45, 7) is -0.286. The summed E-state index contributed by atoms with van der Waals surface area (Å²) in [5, 5.41) is 8.46. The highest BCUT2D eigenvalue weighted by Crippen LogP contribution is 2.09. The maximum absolute atomic E-state index is 11.4. The summed E-state index contributed by atoms with van der Waals surface area (Å²) < 4.78 is 25.0. The summed E-state index contributed by atoms with van der Waals surface area (Å²) in [4.78, 5) is 3.64. The molecule has 1 aromatic rings. The number of hydrogen-bond acceptors (Lipinski definition) is 5. The van der Waals surface area contributed by atoms with E-state index in [0.29, 0.717) is 0 Å². The molecule has 0 atom stereocenters. The Morgan fingerprint density at radius 1 is 1.50 bits per heavy atom. The van der Waals surface area contributed by atoms with Crippen LogP contribution in [0.15, 0.2) is 23.4 Å². The molecule has 1 rings (SSSR count). The van der Waals surface area contributed by atoms with E-state index in [2.05, 4.69) is 9.71 Å². The fourth-order valence-electron chi connectivity index (χ4n) is 0.846. The molecule has 7 heteroatoms. The Morgan fingerprint density at radius 3 is 2.79 bits per heavy atom. The Balaban J connectivity index is 2.93. The number of anilines is 1. The van der Waals surface area contributed by atoms with Gasteiger partial charge in [-0.05, 0) is 6.07 Å². The molecule has 0 unspecified atom stereocenters. The van der Waals surface area contributed by atoms with E-state index in [4.69, 9.17) is 10.8 Å². The average Bonchev–Trinajstić information content (AvgIpc) is 2.15. The first-order valence-corrected chi connectivity index (χ1v) is 5.35. The van der Waals surface area contributed by atoms with Gasteiger partial charge in [0.1, 0.15) is 4.90 Å². The second-order valence-corrected chi connectivity index (χ2v) is 4.34. The minimum Gasteiger partial charge on any atom is -0.397 e. The average molecular weight is 217 g/mol. The molecule has 0 aliphatic carbocycles. The molecule has 6 nitrogen and oxygen atoms in total. The molecule has 0 amide bonds. The molecule has 1 aromatic heterocycles. The van der Waals surface area contributed by atoms with Gasteiger partial charge in [0.25, 0.3) is 0 Å². The van der Waals surface area contributed by atoms with Crippen LogP contribution in [0.2, 0.25) is 0 Å². The lowest BCUT2D eigenvalue weighted by Gasteiger charge is -2.04. The standard InChI is InChI=1S/C7H11N3O3S/c8-6-3-7(5-9-4-6)14(12,13)10-1-2-11/h3-5,10-11H,1-2,8H2. The molecule has 0 saturated carbocycles. The van der Waals surface area contributed by atoms with Gasteiger partial charge < -0.3 is 10.8 Å². The molecule has 0 fully saturated rings. The number of pyridine rings is 1. The van der Waals surface area contributed by atoms with Crippen molar-refractivity contribution in [2.24, 2.45) is 0 Å². The maximum Gasteiger partial charge on any atom is 0.242 e. The first kappa shape index (κ1) is 10.9. The number of nitrogens with two attached hydrogens (primary N) is 1. The number of aliphatic hydroxyl groups excluding tert-OH is 1. The van der Waals surface area contributed by atoms with Crippen LogP contribution in [-0.2, 0) is 10.0 Å². The van der Waals surface area contributed by atoms with E-state index in [1.54, 1.807) is 0 Å². The highest BCUT2D eigenvalue weighted by atomic mass is 32.2. The summed E-state index contributed by atoms with van der Waals surface area (Å²) in [7, 11) is -3.60. The van der Waals surface area contributed by atoms with Crippen LogP contribution >= 0.6 is 0 Å². The Morgan fingerprint density at radius 2 is 2.21 bits per heavy atom. The second-order valence-electron chi connectivity index (χ2n) is 2.58. The minimum atomic E-state index is -3.60. The summed E-state index contributed by atoms with van der Waals surface area (Å²) >= 11 is 0. The zero-order valence-corrected chi connectivity index (χ0v) is 8.16. The summed E-state index contributed by atoms with van der Waals surface area (Å²) in [6.07, 6.45) is 2.54. The molecule has 0 aliphatic heterocycles. The molecule has 0 spiro atoms. The predicted octanol–water partition coefficient (Wildman–Crippen LogP) is -1.07. The highest BCUT2D eigenvalue weighted by molar-refractivity contribution is 7.89. The number of rotatable bonds is 4. The number of aromatic nitrogens is 1. The van der Waals surface area contributed by atoms with E-state index in [1.807, 2.05) is 0 Å². The fraction of sp³-hybridized carbons (Fsp3) is 0.286. The van der Waals surface area contributed by atoms with Crippen LogP contribution in [0.3, 0.4) is 0 Å². The molecule has 1 heterocycles. The lowest BCUT2D eigenvalue weighted by atomic mass is 10.4. The molecular weight excluding hydrogens is 206 g/mol. The van der Waals surface area contributed by atoms with Crippen LogP contribution in [0.5, 0.6) is 0 Å². The van der Waals surface area contributed by atoms with Crippen LogP contribution < -0.4 is 10.5 Å². The van der Waals surface area contributed by atoms with Gasteiger partial charge in [-0.2, -0.15) is 0 Å². The smallest absolute Gasteiger partial charge is 0.242 e. The van der Waals surface area contributed by atoms with Gasteiger partial charge in [0.15, 0.2) is 0 Å². The third-order valence-corrected chi connectivity index (χ3v) is 2.88. The van der Waals surface area contributed by atoms with Gasteiger partial charge in [0, 0.05) is 18.9 Å². The molecule has 4 N–H and O–H groups in total. The van der Waals surface area contributed by atoms with E-state index < -0.39 is 10.0 Å². The van der Waals surface area contributed by atoms with Gasteiger partial charge in [-0.25, -0.2) is 13.1 Å². The number of nitrogen functional groups attached to an aromatic ring is 1. The van der Waals surface area contributed by atoms with E-state index in [0.717, 1.165) is 0 Å². The summed E-state index contributed by atoms with van der Waals surface area (Å²) in [6, 6.07) is 1.30. The predicted molar refractivity (Wildman–Crippen MR) is 50.9 cm³/mol. The van der Waals surface area contributed by atoms with Crippen LogP contribution in [0.25, 0.3) is 0 Å². The normalized spacial score (nSPS) is 11.5. The number of sulfonamides is 1. The molecule has 78 valence electrons. The van der Waals surface area contributed by atoms with E-state index in [-0.39, 0.29) is 23.7 Å². The summed E-state index contributed by atoms with van der Waals surface area (Å²) in [5.74, 6) is 0. The maximum atomic E-state index is 11.4. The molecule has 0 radical (unpaired) electrons. The van der Waals surface area contributed by atoms with Crippen molar-refractivity contribution in [2.75, 3.05) is 18.9 Å². The van der Waals surface area contributed by atoms with Gasteiger partial charge in [-0.15, -0.1) is 0 Å². The SMILES string of the molecule is Nc1cncc(S(=O)(=O)NCCO)c1. The van der Waals surface area contributed by atoms with Crippen molar-refractivity contribution in [3.63, 3.8) is 0 Å².